The highest BCUT2D eigenvalue weighted by molar-refractivity contribution is 6.31. The molecule has 7 nitrogen and oxygen atoms in total. The maximum atomic E-state index is 13.7. The van der Waals surface area contributed by atoms with Gasteiger partial charge >= 0.3 is 12.1 Å². The summed E-state index contributed by atoms with van der Waals surface area (Å²) in [5.74, 6) is -3.64. The van der Waals surface area contributed by atoms with Gasteiger partial charge in [-0.3, -0.25) is 19.3 Å². The number of benzene rings is 2. The molecule has 0 radical (unpaired) electrons. The SMILES string of the molecule is CCCC1CN(C(Cc2ccccc2Cl)C(=O)NC)CCN1C(=O)C(Cc1ccc(F)cc1)NC(=O)C(F)(F)F. The number of piperazine rings is 1. The van der Waals surface area contributed by atoms with Gasteiger partial charge in [-0.25, -0.2) is 4.39 Å². The van der Waals surface area contributed by atoms with Gasteiger partial charge in [-0.2, -0.15) is 13.2 Å². The van der Waals surface area contributed by atoms with Crippen LogP contribution in [0.15, 0.2) is 48.5 Å². The second kappa shape index (κ2) is 13.9. The maximum absolute atomic E-state index is 13.7. The molecule has 1 aliphatic rings. The fraction of sp³-hybridized carbons (Fsp3) is 0.464. The standard InChI is InChI=1S/C28H33ClF4N4O3/c1-3-6-21-17-36(24(25(38)34-2)16-19-7-4-5-8-22(19)29)13-14-37(21)26(39)23(35-27(40)28(31,32)33)15-18-9-11-20(30)12-10-18/h4-5,7-12,21,23-24H,3,6,13-17H2,1-2H3,(H,34,38)(H,35,40). The summed E-state index contributed by atoms with van der Waals surface area (Å²) < 4.78 is 52.7. The Kier molecular flexibility index (Phi) is 10.9. The molecular formula is C28H33ClF4N4O3. The Hall–Kier alpha value is -3.18. The number of carbonyl (C=O) groups is 3. The van der Waals surface area contributed by atoms with Gasteiger partial charge < -0.3 is 15.5 Å². The van der Waals surface area contributed by atoms with Gasteiger partial charge in [0, 0.05) is 44.2 Å². The normalized spacial score (nSPS) is 17.7. The molecule has 0 saturated carbocycles. The predicted molar refractivity (Wildman–Crippen MR) is 143 cm³/mol. The smallest absolute Gasteiger partial charge is 0.358 e. The van der Waals surface area contributed by atoms with Crippen molar-refractivity contribution in [1.29, 1.82) is 0 Å². The topological polar surface area (TPSA) is 81.8 Å². The third kappa shape index (κ3) is 8.17. The zero-order chi connectivity index (χ0) is 29.4. The molecule has 12 heteroatoms. The number of likely N-dealkylation sites (N-methyl/N-ethyl adjacent to an activating group) is 1. The van der Waals surface area contributed by atoms with Crippen LogP contribution in [0.1, 0.15) is 30.9 Å². The molecule has 2 aromatic rings. The third-order valence-electron chi connectivity index (χ3n) is 6.99. The monoisotopic (exact) mass is 584 g/mol. The Labute approximate surface area is 235 Å². The molecule has 0 aromatic heterocycles. The van der Waals surface area contributed by atoms with Gasteiger partial charge in [0.15, 0.2) is 0 Å². The average molecular weight is 585 g/mol. The van der Waals surface area contributed by atoms with Gasteiger partial charge in [0.2, 0.25) is 11.8 Å². The molecule has 1 heterocycles. The molecule has 3 amide bonds. The van der Waals surface area contributed by atoms with E-state index in [1.807, 2.05) is 29.3 Å². The van der Waals surface area contributed by atoms with E-state index >= 15 is 0 Å². The summed E-state index contributed by atoms with van der Waals surface area (Å²) in [6, 6.07) is 9.69. The molecule has 0 aliphatic carbocycles. The number of hydrogen-bond donors (Lipinski definition) is 2. The van der Waals surface area contributed by atoms with E-state index in [-0.39, 0.29) is 25.4 Å². The second-order valence-corrected chi connectivity index (χ2v) is 10.2. The van der Waals surface area contributed by atoms with Crippen LogP contribution < -0.4 is 10.6 Å². The molecule has 2 N–H and O–H groups in total. The third-order valence-corrected chi connectivity index (χ3v) is 7.36. The summed E-state index contributed by atoms with van der Waals surface area (Å²) in [5.41, 5.74) is 1.19. The lowest BCUT2D eigenvalue weighted by Crippen LogP contribution is -2.63. The Bertz CT molecular complexity index is 1180. The Morgan fingerprint density at radius 3 is 2.33 bits per heavy atom. The van der Waals surface area contributed by atoms with Crippen LogP contribution in [-0.4, -0.2) is 78.5 Å². The van der Waals surface area contributed by atoms with Crippen molar-refractivity contribution < 1.29 is 31.9 Å². The van der Waals surface area contributed by atoms with E-state index in [2.05, 4.69) is 5.32 Å². The Morgan fingerprint density at radius 2 is 1.73 bits per heavy atom. The summed E-state index contributed by atoms with van der Waals surface area (Å²) in [4.78, 5) is 41.8. The van der Waals surface area contributed by atoms with Crippen LogP contribution in [0.4, 0.5) is 17.6 Å². The maximum Gasteiger partial charge on any atom is 0.471 e. The first-order valence-electron chi connectivity index (χ1n) is 13.1. The molecule has 3 unspecified atom stereocenters. The highest BCUT2D eigenvalue weighted by Gasteiger charge is 2.43. The molecular weight excluding hydrogens is 552 g/mol. The number of alkyl halides is 3. The molecule has 2 aromatic carbocycles. The predicted octanol–water partition coefficient (Wildman–Crippen LogP) is 3.74. The fourth-order valence-electron chi connectivity index (χ4n) is 4.96. The molecule has 3 rings (SSSR count). The van der Waals surface area contributed by atoms with Crippen LogP contribution in [0.3, 0.4) is 0 Å². The van der Waals surface area contributed by atoms with Crippen LogP contribution in [0, 0.1) is 5.82 Å². The number of nitrogens with zero attached hydrogens (tertiary/aromatic N) is 2. The second-order valence-electron chi connectivity index (χ2n) is 9.75. The Morgan fingerprint density at radius 1 is 1.05 bits per heavy atom. The van der Waals surface area contributed by atoms with E-state index < -0.39 is 41.9 Å². The summed E-state index contributed by atoms with van der Waals surface area (Å²) in [7, 11) is 1.54. The van der Waals surface area contributed by atoms with Crippen molar-refractivity contribution in [3.8, 4) is 0 Å². The van der Waals surface area contributed by atoms with Gasteiger partial charge in [0.05, 0.1) is 6.04 Å². The number of hydrogen-bond acceptors (Lipinski definition) is 4. The molecule has 1 saturated heterocycles. The number of rotatable bonds is 10. The number of nitrogens with one attached hydrogen (secondary N) is 2. The number of halogens is 5. The van der Waals surface area contributed by atoms with Crippen LogP contribution in [0.5, 0.6) is 0 Å². The molecule has 3 atom stereocenters. The van der Waals surface area contributed by atoms with Crippen molar-refractivity contribution in [2.45, 2.75) is 56.9 Å². The van der Waals surface area contributed by atoms with Crippen molar-refractivity contribution in [1.82, 2.24) is 20.4 Å². The number of amides is 3. The zero-order valence-corrected chi connectivity index (χ0v) is 23.1. The molecule has 218 valence electrons. The molecule has 0 spiro atoms. The molecule has 0 bridgehead atoms. The van der Waals surface area contributed by atoms with Crippen molar-refractivity contribution >= 4 is 29.3 Å². The van der Waals surface area contributed by atoms with Crippen molar-refractivity contribution in [3.63, 3.8) is 0 Å². The highest BCUT2D eigenvalue weighted by Crippen LogP contribution is 2.24. The van der Waals surface area contributed by atoms with E-state index in [1.165, 1.54) is 24.1 Å². The minimum atomic E-state index is -5.18. The quantitative estimate of drug-likeness (QED) is 0.417. The van der Waals surface area contributed by atoms with E-state index in [9.17, 15) is 31.9 Å². The van der Waals surface area contributed by atoms with Gasteiger partial charge in [-0.15, -0.1) is 0 Å². The summed E-state index contributed by atoms with van der Waals surface area (Å²) >= 11 is 6.34. The highest BCUT2D eigenvalue weighted by atomic mass is 35.5. The molecule has 1 fully saturated rings. The van der Waals surface area contributed by atoms with E-state index in [4.69, 9.17) is 11.6 Å². The lowest BCUT2D eigenvalue weighted by Gasteiger charge is -2.45. The number of carbonyl (C=O) groups excluding carboxylic acids is 3. The first-order chi connectivity index (χ1) is 18.9. The largest absolute Gasteiger partial charge is 0.471 e. The fourth-order valence-corrected chi connectivity index (χ4v) is 5.17. The van der Waals surface area contributed by atoms with Crippen LogP contribution in [0.2, 0.25) is 5.02 Å². The molecule has 40 heavy (non-hydrogen) atoms. The Balaban J connectivity index is 1.84. The summed E-state index contributed by atoms with van der Waals surface area (Å²) in [6.45, 7) is 2.65. The first-order valence-corrected chi connectivity index (χ1v) is 13.4. The van der Waals surface area contributed by atoms with Gasteiger partial charge in [-0.1, -0.05) is 55.3 Å². The van der Waals surface area contributed by atoms with E-state index in [0.29, 0.717) is 36.4 Å². The minimum absolute atomic E-state index is 0.140. The van der Waals surface area contributed by atoms with Crippen LogP contribution in [-0.2, 0) is 27.2 Å². The average Bonchev–Trinajstić information content (AvgIpc) is 2.92. The lowest BCUT2D eigenvalue weighted by atomic mass is 9.98. The lowest BCUT2D eigenvalue weighted by molar-refractivity contribution is -0.175. The van der Waals surface area contributed by atoms with E-state index in [0.717, 1.165) is 17.7 Å². The first kappa shape index (κ1) is 31.3. The zero-order valence-electron chi connectivity index (χ0n) is 22.3. The van der Waals surface area contributed by atoms with Crippen LogP contribution >= 0.6 is 11.6 Å². The van der Waals surface area contributed by atoms with Crippen LogP contribution in [0.25, 0.3) is 0 Å². The van der Waals surface area contributed by atoms with E-state index in [1.54, 1.807) is 12.1 Å². The van der Waals surface area contributed by atoms with Crippen molar-refractivity contribution in [3.05, 3.63) is 70.5 Å². The minimum Gasteiger partial charge on any atom is -0.358 e. The van der Waals surface area contributed by atoms with Crippen molar-refractivity contribution in [2.24, 2.45) is 0 Å². The van der Waals surface area contributed by atoms with Gasteiger partial charge in [0.25, 0.3) is 0 Å². The molecule has 1 aliphatic heterocycles. The van der Waals surface area contributed by atoms with Crippen molar-refractivity contribution in [2.75, 3.05) is 26.7 Å². The van der Waals surface area contributed by atoms with Gasteiger partial charge in [0.1, 0.15) is 11.9 Å². The summed E-state index contributed by atoms with van der Waals surface area (Å²) in [5, 5.41) is 5.05. The van der Waals surface area contributed by atoms with Gasteiger partial charge in [-0.05, 0) is 42.2 Å². The summed E-state index contributed by atoms with van der Waals surface area (Å²) in [6.07, 6.45) is -3.88.